The molecule has 4 unspecified atom stereocenters. The first kappa shape index (κ1) is 32.4. The van der Waals surface area contributed by atoms with Gasteiger partial charge in [0.05, 0.1) is 7.85 Å². The second-order valence-electron chi connectivity index (χ2n) is 17.0. The van der Waals surface area contributed by atoms with E-state index in [0.29, 0.717) is 23.3 Å². The van der Waals surface area contributed by atoms with Gasteiger partial charge in [0.15, 0.2) is 0 Å². The van der Waals surface area contributed by atoms with Crippen molar-refractivity contribution in [2.45, 2.75) is 94.8 Å². The zero-order valence-corrected chi connectivity index (χ0v) is 30.7. The lowest BCUT2D eigenvalue weighted by Gasteiger charge is -2.56. The number of fused-ring (bicyclic) bond motifs is 5. The summed E-state index contributed by atoms with van der Waals surface area (Å²) in [7, 11) is 6.14. The van der Waals surface area contributed by atoms with Gasteiger partial charge < -0.3 is 4.57 Å². The maximum Gasteiger partial charge on any atom is 0.0759 e. The average molecular weight is 676 g/mol. The molecule has 52 heavy (non-hydrogen) atoms. The summed E-state index contributed by atoms with van der Waals surface area (Å²) in [5.41, 5.74) is 13.4. The van der Waals surface area contributed by atoms with Crippen LogP contribution in [0.25, 0.3) is 38.5 Å². The van der Waals surface area contributed by atoms with Crippen LogP contribution in [0.15, 0.2) is 139 Å². The third kappa shape index (κ3) is 4.89. The van der Waals surface area contributed by atoms with Crippen LogP contribution in [-0.4, -0.2) is 12.4 Å². The molecule has 1 aromatic heterocycles. The summed E-state index contributed by atoms with van der Waals surface area (Å²) in [6.45, 7) is 2.70. The highest BCUT2D eigenvalue weighted by atomic mass is 15.0. The molecular weight excluding hydrogens is 625 g/mol. The van der Waals surface area contributed by atoms with Gasteiger partial charge in [0.1, 0.15) is 0 Å². The van der Waals surface area contributed by atoms with E-state index in [0.717, 1.165) is 6.42 Å². The summed E-state index contributed by atoms with van der Waals surface area (Å²) in [6, 6.07) is 37.9. The number of nitrogens with zero attached hydrogens (tertiary/aromatic N) is 1. The summed E-state index contributed by atoms with van der Waals surface area (Å²) >= 11 is 0. The van der Waals surface area contributed by atoms with Crippen LogP contribution in [0.1, 0.15) is 94.7 Å². The summed E-state index contributed by atoms with van der Waals surface area (Å²) in [5.74, 6) is 1.39. The third-order valence-electron chi connectivity index (χ3n) is 14.3. The first-order valence-corrected chi connectivity index (χ1v) is 20.3. The van der Waals surface area contributed by atoms with Crippen LogP contribution in [0.4, 0.5) is 0 Å². The van der Waals surface area contributed by atoms with Gasteiger partial charge in [-0.2, -0.15) is 0 Å². The van der Waals surface area contributed by atoms with E-state index in [2.05, 4.69) is 139 Å². The molecule has 1 heterocycles. The van der Waals surface area contributed by atoms with Crippen molar-refractivity contribution in [1.82, 2.24) is 4.57 Å². The molecule has 2 fully saturated rings. The van der Waals surface area contributed by atoms with Gasteiger partial charge in [-0.1, -0.05) is 141 Å². The fraction of sp³-hybridized carbons (Fsp3) is 0.360. The maximum atomic E-state index is 6.14. The molecule has 5 aliphatic rings. The highest BCUT2D eigenvalue weighted by Crippen LogP contribution is 2.69. The van der Waals surface area contributed by atoms with Crippen LogP contribution < -0.4 is 0 Å². The van der Waals surface area contributed by atoms with Crippen molar-refractivity contribution < 1.29 is 0 Å². The standard InChI is InChI=1S/C50H50BN/c1-49(29-10-3-11-30-49)50(38-15-4-2-5-16-38)45-19-8-6-17-41(45)43-33-40(26-27-46(43)50)52-47-20-9-7-18-42(47)44-32-37(23-28-48(44)52)36-14-12-13-35(31-36)34-21-24-39(51)25-22-34/h2,4-7,9,12-18,20-24,28,31-32,39-40,43,46H,3,8,10-11,19,25-27,29-30,33H2,1H3/t39?,40-,43?,46?,50?/m1/s1. The maximum absolute atomic E-state index is 6.14. The molecule has 5 aromatic rings. The Bertz CT molecular complexity index is 2290. The molecule has 0 bridgehead atoms. The Morgan fingerprint density at radius 2 is 1.52 bits per heavy atom. The number of para-hydroxylation sites is 1. The van der Waals surface area contributed by atoms with E-state index >= 15 is 0 Å². The molecule has 5 atom stereocenters. The Labute approximate surface area is 311 Å². The van der Waals surface area contributed by atoms with Crippen molar-refractivity contribution in [1.29, 1.82) is 0 Å². The zero-order valence-electron chi connectivity index (χ0n) is 30.7. The number of hydrogen-bond acceptors (Lipinski definition) is 0. The fourth-order valence-electron chi connectivity index (χ4n) is 12.2. The van der Waals surface area contributed by atoms with Crippen LogP contribution in [0.2, 0.25) is 5.82 Å². The first-order chi connectivity index (χ1) is 25.5. The van der Waals surface area contributed by atoms with Gasteiger partial charge in [0.2, 0.25) is 0 Å². The number of hydrogen-bond donors (Lipinski definition) is 0. The van der Waals surface area contributed by atoms with E-state index < -0.39 is 0 Å². The van der Waals surface area contributed by atoms with Crippen LogP contribution in [-0.2, 0) is 5.41 Å². The molecular formula is C50H50BN. The highest BCUT2D eigenvalue weighted by Gasteiger charge is 2.62. The normalized spacial score (nSPS) is 28.2. The number of aromatic nitrogens is 1. The predicted molar refractivity (Wildman–Crippen MR) is 221 cm³/mol. The van der Waals surface area contributed by atoms with Crippen molar-refractivity contribution in [3.05, 3.63) is 150 Å². The van der Waals surface area contributed by atoms with Crippen molar-refractivity contribution in [2.24, 2.45) is 17.3 Å². The van der Waals surface area contributed by atoms with Crippen LogP contribution in [0.5, 0.6) is 0 Å². The van der Waals surface area contributed by atoms with Gasteiger partial charge in [-0.05, 0) is 126 Å². The smallest absolute Gasteiger partial charge is 0.0759 e. The molecule has 0 saturated heterocycles. The minimum absolute atomic E-state index is 0.125. The lowest BCUT2D eigenvalue weighted by Crippen LogP contribution is -2.52. The van der Waals surface area contributed by atoms with Gasteiger partial charge in [-0.25, -0.2) is 0 Å². The van der Waals surface area contributed by atoms with E-state index in [9.17, 15) is 0 Å². The van der Waals surface area contributed by atoms with E-state index in [1.807, 2.05) is 5.57 Å². The molecule has 258 valence electrons. The Balaban J connectivity index is 1.06. The monoisotopic (exact) mass is 675 g/mol. The number of benzene rings is 4. The van der Waals surface area contributed by atoms with Crippen LogP contribution >= 0.6 is 0 Å². The summed E-state index contributed by atoms with van der Waals surface area (Å²) in [5, 5.41) is 2.75. The van der Waals surface area contributed by atoms with Crippen LogP contribution in [0, 0.1) is 17.3 Å². The molecule has 5 aliphatic carbocycles. The molecule has 0 spiro atoms. The number of rotatable bonds is 5. The van der Waals surface area contributed by atoms with Crippen molar-refractivity contribution >= 4 is 35.2 Å². The van der Waals surface area contributed by atoms with Gasteiger partial charge >= 0.3 is 0 Å². The van der Waals surface area contributed by atoms with E-state index in [1.54, 1.807) is 11.1 Å². The number of allylic oxidation sites excluding steroid dienone is 8. The summed E-state index contributed by atoms with van der Waals surface area (Å²) in [4.78, 5) is 0. The van der Waals surface area contributed by atoms with E-state index in [1.165, 1.54) is 108 Å². The molecule has 10 rings (SSSR count). The summed E-state index contributed by atoms with van der Waals surface area (Å²) in [6.07, 6.45) is 25.6. The minimum Gasteiger partial charge on any atom is -0.337 e. The second kappa shape index (κ2) is 12.7. The fourth-order valence-corrected chi connectivity index (χ4v) is 12.2. The Hall–Kier alpha value is -4.30. The SMILES string of the molecule is [B]C1C=CC(c2cccc(-c3ccc4c(c3)c3ccccc3n4[C@@H]3CCC4C(C3)C3=C(CCC=C3)C4(c3ccccc3)C3(C)CCCCC3)c2)=CC1. The van der Waals surface area contributed by atoms with Gasteiger partial charge in [0.25, 0.3) is 0 Å². The zero-order chi connectivity index (χ0) is 34.9. The third-order valence-corrected chi connectivity index (χ3v) is 14.3. The van der Waals surface area contributed by atoms with Gasteiger partial charge in [0, 0.05) is 33.3 Å². The predicted octanol–water partition coefficient (Wildman–Crippen LogP) is 13.3. The van der Waals surface area contributed by atoms with Gasteiger partial charge in [-0.15, -0.1) is 0 Å². The molecule has 2 saturated carbocycles. The molecule has 0 amide bonds. The van der Waals surface area contributed by atoms with Crippen molar-refractivity contribution in [2.75, 3.05) is 0 Å². The molecule has 2 radical (unpaired) electrons. The molecule has 2 heteroatoms. The quantitative estimate of drug-likeness (QED) is 0.163. The second-order valence-corrected chi connectivity index (χ2v) is 17.0. The van der Waals surface area contributed by atoms with Crippen molar-refractivity contribution in [3.63, 3.8) is 0 Å². The molecule has 4 aromatic carbocycles. The Morgan fingerprint density at radius 3 is 2.37 bits per heavy atom. The lowest BCUT2D eigenvalue weighted by molar-refractivity contribution is 0.0311. The molecule has 1 nitrogen and oxygen atoms in total. The van der Waals surface area contributed by atoms with Crippen molar-refractivity contribution in [3.8, 4) is 11.1 Å². The highest BCUT2D eigenvalue weighted by molar-refractivity contribution is 6.13. The van der Waals surface area contributed by atoms with E-state index in [-0.39, 0.29) is 11.2 Å². The average Bonchev–Trinajstić information content (AvgIpc) is 3.69. The van der Waals surface area contributed by atoms with E-state index in [4.69, 9.17) is 7.85 Å². The molecule has 0 N–H and O–H groups in total. The van der Waals surface area contributed by atoms with Gasteiger partial charge in [-0.3, -0.25) is 0 Å². The Kier molecular flexibility index (Phi) is 7.89. The first-order valence-electron chi connectivity index (χ1n) is 20.3. The lowest BCUT2D eigenvalue weighted by atomic mass is 9.47. The van der Waals surface area contributed by atoms with Crippen LogP contribution in [0.3, 0.4) is 0 Å². The minimum atomic E-state index is 0.125. The largest absolute Gasteiger partial charge is 0.337 e. The Morgan fingerprint density at radius 1 is 0.731 bits per heavy atom. The topological polar surface area (TPSA) is 4.93 Å². The molecule has 0 aliphatic heterocycles. The summed E-state index contributed by atoms with van der Waals surface area (Å²) < 4.78 is 2.76.